The minimum Gasteiger partial charge on any atom is -0.354 e. The first-order chi connectivity index (χ1) is 9.13. The average Bonchev–Trinajstić information content (AvgIpc) is 2.41. The quantitative estimate of drug-likeness (QED) is 0.857. The summed E-state index contributed by atoms with van der Waals surface area (Å²) in [5.74, 6) is -0.270. The number of benzene rings is 1. The van der Waals surface area contributed by atoms with Crippen molar-refractivity contribution in [1.29, 1.82) is 0 Å². The molecule has 1 atom stereocenters. The smallest absolute Gasteiger partial charge is 0.220 e. The second-order valence-corrected chi connectivity index (χ2v) is 4.73. The fourth-order valence-electron chi connectivity index (χ4n) is 2.06. The molecule has 0 aromatic heterocycles. The van der Waals surface area contributed by atoms with Crippen LogP contribution in [0.15, 0.2) is 24.3 Å². The molecule has 1 aromatic rings. The van der Waals surface area contributed by atoms with Crippen LogP contribution in [0.5, 0.6) is 0 Å². The van der Waals surface area contributed by atoms with E-state index in [0.717, 1.165) is 5.56 Å². The van der Waals surface area contributed by atoms with Crippen LogP contribution in [0.25, 0.3) is 0 Å². The molecule has 2 N–H and O–H groups in total. The summed E-state index contributed by atoms with van der Waals surface area (Å²) in [6.45, 7) is 0.501. The van der Waals surface area contributed by atoms with Gasteiger partial charge in [0, 0.05) is 25.4 Å². The molecule has 1 aromatic carbocycles. The van der Waals surface area contributed by atoms with Crippen LogP contribution in [0.3, 0.4) is 0 Å². The van der Waals surface area contributed by atoms with Crippen molar-refractivity contribution < 1.29 is 14.0 Å². The summed E-state index contributed by atoms with van der Waals surface area (Å²) in [5, 5.41) is 5.62. The Kier molecular flexibility index (Phi) is 4.49. The molecule has 2 amide bonds. The summed E-state index contributed by atoms with van der Waals surface area (Å²) >= 11 is 0. The Morgan fingerprint density at radius 3 is 2.74 bits per heavy atom. The van der Waals surface area contributed by atoms with Gasteiger partial charge in [-0.3, -0.25) is 9.59 Å². The Hall–Kier alpha value is -1.91. The van der Waals surface area contributed by atoms with Gasteiger partial charge in [0.25, 0.3) is 0 Å². The first kappa shape index (κ1) is 13.5. The van der Waals surface area contributed by atoms with Crippen LogP contribution in [0, 0.1) is 5.82 Å². The molecule has 19 heavy (non-hydrogen) atoms. The van der Waals surface area contributed by atoms with Crippen LogP contribution < -0.4 is 10.6 Å². The van der Waals surface area contributed by atoms with Gasteiger partial charge >= 0.3 is 0 Å². The van der Waals surface area contributed by atoms with Crippen molar-refractivity contribution in [2.24, 2.45) is 0 Å². The van der Waals surface area contributed by atoms with E-state index >= 15 is 0 Å². The topological polar surface area (TPSA) is 58.2 Å². The van der Waals surface area contributed by atoms with Crippen LogP contribution in [0.4, 0.5) is 4.39 Å². The highest BCUT2D eigenvalue weighted by Gasteiger charge is 2.19. The molecule has 2 rings (SSSR count). The van der Waals surface area contributed by atoms with Crippen LogP contribution in [0.1, 0.15) is 24.8 Å². The maximum absolute atomic E-state index is 12.7. The lowest BCUT2D eigenvalue weighted by atomic mass is 10.1. The number of rotatable bonds is 4. The molecule has 0 radical (unpaired) electrons. The van der Waals surface area contributed by atoms with E-state index in [-0.39, 0.29) is 23.7 Å². The van der Waals surface area contributed by atoms with E-state index in [2.05, 4.69) is 10.6 Å². The second kappa shape index (κ2) is 6.31. The summed E-state index contributed by atoms with van der Waals surface area (Å²) in [5.41, 5.74) is 0.938. The summed E-state index contributed by atoms with van der Waals surface area (Å²) < 4.78 is 12.7. The van der Waals surface area contributed by atoms with Crippen LogP contribution in [-0.2, 0) is 16.0 Å². The third kappa shape index (κ3) is 4.35. The Labute approximate surface area is 111 Å². The van der Waals surface area contributed by atoms with E-state index in [4.69, 9.17) is 0 Å². The zero-order valence-corrected chi connectivity index (χ0v) is 10.6. The molecule has 1 aliphatic heterocycles. The van der Waals surface area contributed by atoms with Gasteiger partial charge < -0.3 is 10.6 Å². The predicted molar refractivity (Wildman–Crippen MR) is 68.9 cm³/mol. The number of carbonyl (C=O) groups excluding carboxylic acids is 2. The van der Waals surface area contributed by atoms with Gasteiger partial charge in [-0.05, 0) is 30.5 Å². The van der Waals surface area contributed by atoms with Gasteiger partial charge in [-0.15, -0.1) is 0 Å². The molecule has 4 nitrogen and oxygen atoms in total. The molecule has 1 unspecified atom stereocenters. The van der Waals surface area contributed by atoms with Crippen molar-refractivity contribution in [3.63, 3.8) is 0 Å². The standard InChI is InChI=1S/C14H17FN2O2/c15-11-4-1-10(2-5-11)3-7-14(19)17-12-6-8-13(18)16-9-12/h1-2,4-5,12H,3,6-9H2,(H,16,18)(H,17,19). The number of piperidine rings is 1. The lowest BCUT2D eigenvalue weighted by molar-refractivity contribution is -0.125. The van der Waals surface area contributed by atoms with Gasteiger partial charge in [0.05, 0.1) is 0 Å². The molecular formula is C14H17FN2O2. The highest BCUT2D eigenvalue weighted by atomic mass is 19.1. The van der Waals surface area contributed by atoms with E-state index in [1.54, 1.807) is 12.1 Å². The second-order valence-electron chi connectivity index (χ2n) is 4.73. The van der Waals surface area contributed by atoms with Crippen molar-refractivity contribution in [2.75, 3.05) is 6.54 Å². The summed E-state index contributed by atoms with van der Waals surface area (Å²) in [4.78, 5) is 22.7. The number of hydrogen-bond acceptors (Lipinski definition) is 2. The predicted octanol–water partition coefficient (Wildman–Crippen LogP) is 1.15. The van der Waals surface area contributed by atoms with Crippen molar-refractivity contribution in [1.82, 2.24) is 10.6 Å². The van der Waals surface area contributed by atoms with E-state index < -0.39 is 0 Å². The SMILES string of the molecule is O=C1CCC(NC(=O)CCc2ccc(F)cc2)CN1. The largest absolute Gasteiger partial charge is 0.354 e. The molecule has 1 saturated heterocycles. The fourth-order valence-corrected chi connectivity index (χ4v) is 2.06. The van der Waals surface area contributed by atoms with Gasteiger partial charge in [0.2, 0.25) is 11.8 Å². The highest BCUT2D eigenvalue weighted by molar-refractivity contribution is 5.79. The molecule has 1 aliphatic rings. The number of nitrogens with one attached hydrogen (secondary N) is 2. The first-order valence-electron chi connectivity index (χ1n) is 6.44. The maximum atomic E-state index is 12.7. The molecule has 0 aliphatic carbocycles. The zero-order valence-electron chi connectivity index (χ0n) is 10.6. The Morgan fingerprint density at radius 2 is 2.11 bits per heavy atom. The van der Waals surface area contributed by atoms with Crippen LogP contribution in [-0.4, -0.2) is 24.4 Å². The van der Waals surface area contributed by atoms with Gasteiger partial charge in [-0.2, -0.15) is 0 Å². The van der Waals surface area contributed by atoms with Gasteiger partial charge in [-0.1, -0.05) is 12.1 Å². The normalized spacial score (nSPS) is 18.8. The summed E-state index contributed by atoms with van der Waals surface area (Å²) in [6.07, 6.45) is 2.11. The first-order valence-corrected chi connectivity index (χ1v) is 6.44. The Morgan fingerprint density at radius 1 is 1.37 bits per heavy atom. The molecule has 1 heterocycles. The molecule has 0 spiro atoms. The summed E-state index contributed by atoms with van der Waals surface area (Å²) in [6, 6.07) is 6.18. The number of amides is 2. The minimum absolute atomic E-state index is 0.0263. The van der Waals surface area contributed by atoms with Crippen molar-refractivity contribution in [3.8, 4) is 0 Å². The van der Waals surface area contributed by atoms with Crippen LogP contribution >= 0.6 is 0 Å². The Balaban J connectivity index is 1.72. The Bertz CT molecular complexity index is 449. The number of carbonyl (C=O) groups is 2. The van der Waals surface area contributed by atoms with E-state index in [0.29, 0.717) is 32.2 Å². The monoisotopic (exact) mass is 264 g/mol. The zero-order chi connectivity index (χ0) is 13.7. The molecule has 0 bridgehead atoms. The average molecular weight is 264 g/mol. The fraction of sp³-hybridized carbons (Fsp3) is 0.429. The van der Waals surface area contributed by atoms with Gasteiger partial charge in [0.15, 0.2) is 0 Å². The lowest BCUT2D eigenvalue weighted by Gasteiger charge is -2.23. The van der Waals surface area contributed by atoms with Crippen molar-refractivity contribution >= 4 is 11.8 Å². The minimum atomic E-state index is -0.272. The van der Waals surface area contributed by atoms with Gasteiger partial charge in [0.1, 0.15) is 5.82 Å². The third-order valence-corrected chi connectivity index (χ3v) is 3.18. The highest BCUT2D eigenvalue weighted by Crippen LogP contribution is 2.07. The maximum Gasteiger partial charge on any atom is 0.220 e. The summed E-state index contributed by atoms with van der Waals surface area (Å²) in [7, 11) is 0. The molecular weight excluding hydrogens is 247 g/mol. The molecule has 102 valence electrons. The number of hydrogen-bond donors (Lipinski definition) is 2. The molecule has 5 heteroatoms. The van der Waals surface area contributed by atoms with E-state index in [9.17, 15) is 14.0 Å². The molecule has 1 fully saturated rings. The van der Waals surface area contributed by atoms with Crippen LogP contribution in [0.2, 0.25) is 0 Å². The van der Waals surface area contributed by atoms with Crippen molar-refractivity contribution in [2.45, 2.75) is 31.7 Å². The van der Waals surface area contributed by atoms with E-state index in [1.807, 2.05) is 0 Å². The van der Waals surface area contributed by atoms with Crippen molar-refractivity contribution in [3.05, 3.63) is 35.6 Å². The number of aryl methyl sites for hydroxylation is 1. The van der Waals surface area contributed by atoms with Gasteiger partial charge in [-0.25, -0.2) is 4.39 Å². The molecule has 0 saturated carbocycles. The third-order valence-electron chi connectivity index (χ3n) is 3.18. The van der Waals surface area contributed by atoms with E-state index in [1.165, 1.54) is 12.1 Å². The lowest BCUT2D eigenvalue weighted by Crippen LogP contribution is -2.47. The number of halogens is 1.